The van der Waals surface area contributed by atoms with E-state index in [0.717, 1.165) is 46.7 Å². The smallest absolute Gasteiger partial charge is 0.138 e. The second kappa shape index (κ2) is 5.57. The Morgan fingerprint density at radius 1 is 1.17 bits per heavy atom. The summed E-state index contributed by atoms with van der Waals surface area (Å²) in [6, 6.07) is 4.26. The Morgan fingerprint density at radius 3 is 2.70 bits per heavy atom. The van der Waals surface area contributed by atoms with Crippen LogP contribution in [0.3, 0.4) is 0 Å². The van der Waals surface area contributed by atoms with E-state index in [4.69, 9.17) is 0 Å². The van der Waals surface area contributed by atoms with Crippen molar-refractivity contribution >= 4 is 22.1 Å². The zero-order valence-electron chi connectivity index (χ0n) is 13.6. The highest BCUT2D eigenvalue weighted by Gasteiger charge is 2.26. The first-order chi connectivity index (χ1) is 11.1. The quantitative estimate of drug-likeness (QED) is 0.782. The molecule has 3 aromatic heterocycles. The molecule has 0 spiro atoms. The molecule has 0 radical (unpaired) electrons. The minimum absolute atomic E-state index is 0.383. The lowest BCUT2D eigenvalue weighted by molar-refractivity contribution is 0.175. The number of rotatable bonds is 2. The van der Waals surface area contributed by atoms with E-state index in [0.29, 0.717) is 6.04 Å². The van der Waals surface area contributed by atoms with Crippen molar-refractivity contribution in [1.29, 1.82) is 0 Å². The number of aliphatic hydroxyl groups excluding tert-OH is 1. The van der Waals surface area contributed by atoms with E-state index < -0.39 is 6.10 Å². The lowest BCUT2D eigenvalue weighted by atomic mass is 9.87. The van der Waals surface area contributed by atoms with E-state index in [1.54, 1.807) is 19.3 Å². The molecule has 1 aliphatic rings. The van der Waals surface area contributed by atoms with Gasteiger partial charge in [-0.2, -0.15) is 0 Å². The third kappa shape index (κ3) is 2.39. The number of hydrogen-bond acceptors (Lipinski definition) is 4. The summed E-state index contributed by atoms with van der Waals surface area (Å²) < 4.78 is 2.24. The Morgan fingerprint density at radius 2 is 1.96 bits per heavy atom. The van der Waals surface area contributed by atoms with Crippen molar-refractivity contribution in [2.45, 2.75) is 51.7 Å². The van der Waals surface area contributed by atoms with Gasteiger partial charge in [-0.3, -0.25) is 9.97 Å². The number of hydrogen-bond donors (Lipinski definition) is 1. The van der Waals surface area contributed by atoms with E-state index in [9.17, 15) is 5.11 Å². The Hall–Kier alpha value is -2.01. The molecule has 5 heteroatoms. The molecule has 3 aromatic rings. The first-order valence-electron chi connectivity index (χ1n) is 8.44. The topological polar surface area (TPSA) is 63.8 Å². The lowest BCUT2D eigenvalue weighted by Gasteiger charge is -2.29. The molecule has 23 heavy (non-hydrogen) atoms. The van der Waals surface area contributed by atoms with Gasteiger partial charge in [-0.1, -0.05) is 6.92 Å². The van der Waals surface area contributed by atoms with Gasteiger partial charge >= 0.3 is 0 Å². The molecular weight excluding hydrogens is 288 g/mol. The normalized spacial score (nSPS) is 23.4. The summed E-state index contributed by atoms with van der Waals surface area (Å²) in [6.45, 7) is 4.10. The SMILES string of the molecule is CC1CCC(n2c([C@@H](C)O)nc3cnc4cccnc4c32)CC1. The van der Waals surface area contributed by atoms with Crippen LogP contribution in [0.2, 0.25) is 0 Å². The third-order valence-corrected chi connectivity index (χ3v) is 5.03. The summed E-state index contributed by atoms with van der Waals surface area (Å²) in [5, 5.41) is 10.2. The molecule has 0 saturated heterocycles. The molecule has 5 nitrogen and oxygen atoms in total. The summed E-state index contributed by atoms with van der Waals surface area (Å²) in [5.41, 5.74) is 3.60. The van der Waals surface area contributed by atoms with Gasteiger partial charge in [0, 0.05) is 12.2 Å². The highest BCUT2D eigenvalue weighted by molar-refractivity contribution is 5.99. The number of aromatic nitrogens is 4. The van der Waals surface area contributed by atoms with Crippen LogP contribution in [-0.2, 0) is 0 Å². The maximum atomic E-state index is 10.2. The summed E-state index contributed by atoms with van der Waals surface area (Å²) in [5.74, 6) is 1.52. The number of fused-ring (bicyclic) bond motifs is 3. The van der Waals surface area contributed by atoms with E-state index in [1.165, 1.54) is 12.8 Å². The van der Waals surface area contributed by atoms with Crippen LogP contribution >= 0.6 is 0 Å². The molecule has 1 aliphatic carbocycles. The fraction of sp³-hybridized carbons (Fsp3) is 0.500. The summed E-state index contributed by atoms with van der Waals surface area (Å²) in [7, 11) is 0. The van der Waals surface area contributed by atoms with Crippen molar-refractivity contribution < 1.29 is 5.11 Å². The lowest BCUT2D eigenvalue weighted by Crippen LogP contribution is -2.19. The second-order valence-electron chi connectivity index (χ2n) is 6.79. The van der Waals surface area contributed by atoms with Gasteiger partial charge in [0.25, 0.3) is 0 Å². The number of aliphatic hydroxyl groups is 1. The van der Waals surface area contributed by atoms with Gasteiger partial charge < -0.3 is 9.67 Å². The summed E-state index contributed by atoms with van der Waals surface area (Å²) >= 11 is 0. The fourth-order valence-electron chi connectivity index (χ4n) is 3.77. The molecule has 1 saturated carbocycles. The first kappa shape index (κ1) is 14.6. The predicted molar refractivity (Wildman–Crippen MR) is 90.1 cm³/mol. The molecule has 0 aromatic carbocycles. The van der Waals surface area contributed by atoms with Gasteiger partial charge in [0.1, 0.15) is 23.0 Å². The largest absolute Gasteiger partial charge is 0.385 e. The van der Waals surface area contributed by atoms with Gasteiger partial charge in [-0.15, -0.1) is 0 Å². The monoisotopic (exact) mass is 310 g/mol. The fourth-order valence-corrected chi connectivity index (χ4v) is 3.77. The van der Waals surface area contributed by atoms with Crippen molar-refractivity contribution in [1.82, 2.24) is 19.5 Å². The van der Waals surface area contributed by atoms with Crippen LogP contribution in [-0.4, -0.2) is 24.6 Å². The van der Waals surface area contributed by atoms with Crippen LogP contribution in [0.15, 0.2) is 24.5 Å². The maximum Gasteiger partial charge on any atom is 0.138 e. The van der Waals surface area contributed by atoms with Gasteiger partial charge in [0.2, 0.25) is 0 Å². The molecule has 120 valence electrons. The minimum atomic E-state index is -0.597. The predicted octanol–water partition coefficient (Wildman–Crippen LogP) is 3.78. The van der Waals surface area contributed by atoms with Gasteiger partial charge in [0.15, 0.2) is 0 Å². The van der Waals surface area contributed by atoms with Crippen LogP contribution in [0, 0.1) is 5.92 Å². The third-order valence-electron chi connectivity index (χ3n) is 5.03. The molecule has 1 N–H and O–H groups in total. The van der Waals surface area contributed by atoms with Gasteiger partial charge in [0.05, 0.1) is 17.2 Å². The Bertz CT molecular complexity index is 847. The maximum absolute atomic E-state index is 10.2. The van der Waals surface area contributed by atoms with Crippen molar-refractivity contribution in [2.24, 2.45) is 5.92 Å². The Balaban J connectivity index is 1.98. The Labute approximate surface area is 135 Å². The molecule has 0 amide bonds. The average Bonchev–Trinajstić information content (AvgIpc) is 2.96. The summed E-state index contributed by atoms with van der Waals surface area (Å²) in [6.07, 6.45) is 7.70. The number of pyridine rings is 2. The molecular formula is C18H22N4O. The zero-order chi connectivity index (χ0) is 16.0. The molecule has 1 fully saturated rings. The van der Waals surface area contributed by atoms with Crippen molar-refractivity contribution in [3.05, 3.63) is 30.4 Å². The highest BCUT2D eigenvalue weighted by atomic mass is 16.3. The molecule has 0 unspecified atom stereocenters. The van der Waals surface area contributed by atoms with E-state index >= 15 is 0 Å². The van der Waals surface area contributed by atoms with E-state index in [-0.39, 0.29) is 0 Å². The van der Waals surface area contributed by atoms with Crippen molar-refractivity contribution in [2.75, 3.05) is 0 Å². The highest BCUT2D eigenvalue weighted by Crippen LogP contribution is 2.37. The van der Waals surface area contributed by atoms with Gasteiger partial charge in [-0.05, 0) is 50.7 Å². The molecule has 0 aliphatic heterocycles. The molecule has 0 bridgehead atoms. The Kier molecular flexibility index (Phi) is 3.53. The second-order valence-corrected chi connectivity index (χ2v) is 6.79. The van der Waals surface area contributed by atoms with Crippen LogP contribution in [0.1, 0.15) is 57.5 Å². The minimum Gasteiger partial charge on any atom is -0.385 e. The number of nitrogens with zero attached hydrogens (tertiary/aromatic N) is 4. The molecule has 4 rings (SSSR count). The van der Waals surface area contributed by atoms with Crippen LogP contribution in [0.25, 0.3) is 22.1 Å². The van der Waals surface area contributed by atoms with Crippen LogP contribution < -0.4 is 0 Å². The first-order valence-corrected chi connectivity index (χ1v) is 8.44. The van der Waals surface area contributed by atoms with Gasteiger partial charge in [-0.25, -0.2) is 4.98 Å². The van der Waals surface area contributed by atoms with E-state index in [1.807, 2.05) is 12.1 Å². The van der Waals surface area contributed by atoms with Crippen molar-refractivity contribution in [3.63, 3.8) is 0 Å². The molecule has 3 heterocycles. The molecule has 1 atom stereocenters. The van der Waals surface area contributed by atoms with Crippen LogP contribution in [0.4, 0.5) is 0 Å². The average molecular weight is 310 g/mol. The number of imidazole rings is 1. The van der Waals surface area contributed by atoms with E-state index in [2.05, 4.69) is 26.4 Å². The van der Waals surface area contributed by atoms with Crippen LogP contribution in [0.5, 0.6) is 0 Å². The standard InChI is InChI=1S/C18H22N4O/c1-11-5-7-13(8-6-11)22-17-15(21-18(22)12(2)23)10-20-14-4-3-9-19-16(14)17/h3-4,9-13,23H,5-8H2,1-2H3/t11?,12-,13?/m1/s1. The van der Waals surface area contributed by atoms with Crippen molar-refractivity contribution in [3.8, 4) is 0 Å². The zero-order valence-corrected chi connectivity index (χ0v) is 13.6. The summed E-state index contributed by atoms with van der Waals surface area (Å²) in [4.78, 5) is 13.7.